The molecule has 2 aliphatic rings. The summed E-state index contributed by atoms with van der Waals surface area (Å²) in [5.74, 6) is 0.197. The van der Waals surface area contributed by atoms with E-state index in [1.807, 2.05) is 12.1 Å². The Morgan fingerprint density at radius 3 is 2.29 bits per heavy atom. The Morgan fingerprint density at radius 2 is 1.65 bits per heavy atom. The fourth-order valence-electron chi connectivity index (χ4n) is 5.19. The third kappa shape index (κ3) is 4.62. The third-order valence-electron chi connectivity index (χ3n) is 6.80. The molecule has 0 bridgehead atoms. The summed E-state index contributed by atoms with van der Waals surface area (Å²) in [4.78, 5) is 0. The number of alkyl halides is 2. The summed E-state index contributed by atoms with van der Waals surface area (Å²) in [7, 11) is 0. The molecule has 0 saturated heterocycles. The predicted octanol–water partition coefficient (Wildman–Crippen LogP) is 7.66. The normalized spacial score (nSPS) is 25.1. The van der Waals surface area contributed by atoms with E-state index in [1.165, 1.54) is 56.2 Å². The quantitative estimate of drug-likeness (QED) is 0.466. The Labute approximate surface area is 182 Å². The van der Waals surface area contributed by atoms with Gasteiger partial charge in [0.2, 0.25) is 0 Å². The minimum Gasteiger partial charge on any atom is -0.491 e. The van der Waals surface area contributed by atoms with Gasteiger partial charge in [-0.1, -0.05) is 50.1 Å². The van der Waals surface area contributed by atoms with Crippen LogP contribution in [0.3, 0.4) is 0 Å². The zero-order valence-corrected chi connectivity index (χ0v) is 18.3. The van der Waals surface area contributed by atoms with Crippen LogP contribution in [0.1, 0.15) is 86.6 Å². The third-order valence-corrected chi connectivity index (χ3v) is 6.80. The van der Waals surface area contributed by atoms with Crippen LogP contribution in [-0.2, 0) is 17.3 Å². The van der Waals surface area contributed by atoms with E-state index in [-0.39, 0.29) is 24.3 Å². The van der Waals surface area contributed by atoms with Crippen molar-refractivity contribution in [2.24, 2.45) is 5.92 Å². The number of fused-ring (bicyclic) bond motifs is 1. The van der Waals surface area contributed by atoms with Crippen LogP contribution in [0, 0.1) is 11.7 Å². The number of hydrogen-bond acceptors (Lipinski definition) is 2. The minimum atomic E-state index is -3.70. The van der Waals surface area contributed by atoms with Crippen LogP contribution < -0.4 is 4.74 Å². The largest absolute Gasteiger partial charge is 0.491 e. The molecule has 0 radical (unpaired) electrons. The van der Waals surface area contributed by atoms with Gasteiger partial charge in [-0.05, 0) is 67.2 Å². The molecule has 0 aromatic heterocycles. The molecule has 4 rings (SSSR count). The first-order valence-electron chi connectivity index (χ1n) is 11.5. The van der Waals surface area contributed by atoms with Crippen LogP contribution in [0.15, 0.2) is 36.4 Å². The van der Waals surface area contributed by atoms with Crippen LogP contribution in [0.4, 0.5) is 13.2 Å². The molecule has 0 spiro atoms. The molecule has 1 aliphatic carbocycles. The molecule has 2 nitrogen and oxygen atoms in total. The fraction of sp³-hybridized carbons (Fsp3) is 0.538. The first-order valence-corrected chi connectivity index (χ1v) is 11.5. The molecule has 1 aliphatic heterocycles. The van der Waals surface area contributed by atoms with Crippen molar-refractivity contribution in [2.75, 3.05) is 6.61 Å². The van der Waals surface area contributed by atoms with E-state index in [2.05, 4.69) is 19.1 Å². The van der Waals surface area contributed by atoms with E-state index in [1.54, 1.807) is 6.92 Å². The van der Waals surface area contributed by atoms with Gasteiger partial charge in [0.15, 0.2) is 11.6 Å². The molecule has 5 heteroatoms. The smallest absolute Gasteiger partial charge is 0.387 e. The molecule has 1 heterocycles. The van der Waals surface area contributed by atoms with Crippen molar-refractivity contribution in [2.45, 2.75) is 76.9 Å². The van der Waals surface area contributed by atoms with Crippen molar-refractivity contribution in [1.29, 1.82) is 0 Å². The molecule has 1 fully saturated rings. The number of halogens is 3. The van der Waals surface area contributed by atoms with Gasteiger partial charge in [-0.25, -0.2) is 4.39 Å². The summed E-state index contributed by atoms with van der Waals surface area (Å²) in [6.07, 6.45) is 3.17. The Kier molecular flexibility index (Phi) is 6.61. The average Bonchev–Trinajstić information content (AvgIpc) is 2.76. The lowest BCUT2D eigenvalue weighted by Gasteiger charge is -2.33. The second-order valence-electron chi connectivity index (χ2n) is 8.85. The molecule has 1 atom stereocenters. The highest BCUT2D eigenvalue weighted by molar-refractivity contribution is 5.42. The highest BCUT2D eigenvalue weighted by Gasteiger charge is 2.46. The first kappa shape index (κ1) is 22.2. The standard InChI is InChI=1S/C26H31F3O2/c1-3-5-17-6-8-18(9-7-17)19-10-12-20(13-11-19)23-16-21-14-15-22(30-4-2)25(27)24(21)26(28,29)31-23/h10-15,17-18,23H,3-9,16H2,1-2H3. The fourth-order valence-corrected chi connectivity index (χ4v) is 5.19. The zero-order chi connectivity index (χ0) is 22.0. The minimum absolute atomic E-state index is 0.166. The van der Waals surface area contributed by atoms with Crippen molar-refractivity contribution in [3.63, 3.8) is 0 Å². The molecule has 31 heavy (non-hydrogen) atoms. The van der Waals surface area contributed by atoms with Crippen molar-refractivity contribution >= 4 is 0 Å². The SMILES string of the molecule is CCCC1CCC(c2ccc(C3Cc4ccc(OCC)c(F)c4C(F)(F)O3)cc2)CC1. The second kappa shape index (κ2) is 9.23. The van der Waals surface area contributed by atoms with E-state index in [0.717, 1.165) is 5.92 Å². The molecule has 168 valence electrons. The maximum absolute atomic E-state index is 14.8. The van der Waals surface area contributed by atoms with E-state index in [9.17, 15) is 13.2 Å². The second-order valence-corrected chi connectivity index (χ2v) is 8.85. The van der Waals surface area contributed by atoms with Crippen LogP contribution in [0.2, 0.25) is 0 Å². The van der Waals surface area contributed by atoms with Gasteiger partial charge in [-0.15, -0.1) is 0 Å². The monoisotopic (exact) mass is 432 g/mol. The summed E-state index contributed by atoms with van der Waals surface area (Å²) in [5, 5.41) is 0. The number of hydrogen-bond donors (Lipinski definition) is 0. The Hall–Kier alpha value is -2.01. The summed E-state index contributed by atoms with van der Waals surface area (Å²) in [6, 6.07) is 10.8. The molecule has 2 aromatic rings. The number of ether oxygens (including phenoxy) is 2. The summed E-state index contributed by atoms with van der Waals surface area (Å²) in [5.41, 5.74) is 1.53. The molecular weight excluding hydrogens is 401 g/mol. The lowest BCUT2D eigenvalue weighted by molar-refractivity contribution is -0.284. The van der Waals surface area contributed by atoms with Gasteiger partial charge >= 0.3 is 6.11 Å². The van der Waals surface area contributed by atoms with E-state index >= 15 is 0 Å². The van der Waals surface area contributed by atoms with Crippen LogP contribution in [0.5, 0.6) is 5.75 Å². The number of benzene rings is 2. The summed E-state index contributed by atoms with van der Waals surface area (Å²) in [6.45, 7) is 4.13. The first-order chi connectivity index (χ1) is 14.9. The van der Waals surface area contributed by atoms with Crippen molar-refractivity contribution in [3.8, 4) is 5.75 Å². The van der Waals surface area contributed by atoms with Gasteiger partial charge in [-0.3, -0.25) is 0 Å². The topological polar surface area (TPSA) is 18.5 Å². The van der Waals surface area contributed by atoms with E-state index in [4.69, 9.17) is 9.47 Å². The van der Waals surface area contributed by atoms with Gasteiger partial charge in [0.25, 0.3) is 0 Å². The van der Waals surface area contributed by atoms with Crippen LogP contribution in [0.25, 0.3) is 0 Å². The Morgan fingerprint density at radius 1 is 0.968 bits per heavy atom. The average molecular weight is 433 g/mol. The molecule has 0 amide bonds. The van der Waals surface area contributed by atoms with Gasteiger partial charge in [0, 0.05) is 6.42 Å². The molecule has 0 N–H and O–H groups in total. The van der Waals surface area contributed by atoms with Gasteiger partial charge in [-0.2, -0.15) is 8.78 Å². The lowest BCUT2D eigenvalue weighted by Crippen LogP contribution is -2.31. The predicted molar refractivity (Wildman–Crippen MR) is 115 cm³/mol. The summed E-state index contributed by atoms with van der Waals surface area (Å²) >= 11 is 0. The van der Waals surface area contributed by atoms with Crippen LogP contribution >= 0.6 is 0 Å². The lowest BCUT2D eigenvalue weighted by atomic mass is 9.77. The van der Waals surface area contributed by atoms with E-state index in [0.29, 0.717) is 11.5 Å². The maximum Gasteiger partial charge on any atom is 0.387 e. The summed E-state index contributed by atoms with van der Waals surface area (Å²) < 4.78 is 54.4. The molecule has 1 saturated carbocycles. The zero-order valence-electron chi connectivity index (χ0n) is 18.3. The van der Waals surface area contributed by atoms with Crippen molar-refractivity contribution in [1.82, 2.24) is 0 Å². The molecular formula is C26H31F3O2. The van der Waals surface area contributed by atoms with E-state index < -0.39 is 23.6 Å². The van der Waals surface area contributed by atoms with Gasteiger partial charge in [0.05, 0.1) is 18.3 Å². The molecule has 2 aromatic carbocycles. The van der Waals surface area contributed by atoms with Crippen molar-refractivity contribution < 1.29 is 22.6 Å². The highest BCUT2D eigenvalue weighted by atomic mass is 19.3. The van der Waals surface area contributed by atoms with Crippen molar-refractivity contribution in [3.05, 3.63) is 64.5 Å². The highest BCUT2D eigenvalue weighted by Crippen LogP contribution is 2.46. The van der Waals surface area contributed by atoms with Gasteiger partial charge in [0.1, 0.15) is 0 Å². The molecule has 1 unspecified atom stereocenters. The number of rotatable bonds is 6. The Bertz CT molecular complexity index is 886. The van der Waals surface area contributed by atoms with Gasteiger partial charge < -0.3 is 9.47 Å². The maximum atomic E-state index is 14.8. The Balaban J connectivity index is 1.49. The van der Waals surface area contributed by atoms with Crippen LogP contribution in [-0.4, -0.2) is 6.61 Å².